The predicted octanol–water partition coefficient (Wildman–Crippen LogP) is 1.29. The van der Waals surface area contributed by atoms with E-state index in [4.69, 9.17) is 0 Å². The molecule has 0 bridgehead atoms. The molecule has 5 nitrogen and oxygen atoms in total. The van der Waals surface area contributed by atoms with Gasteiger partial charge in [-0.05, 0) is 12.0 Å². The molecular weight excluding hydrogens is 204 g/mol. The summed E-state index contributed by atoms with van der Waals surface area (Å²) in [5.74, 6) is 1.21. The van der Waals surface area contributed by atoms with Gasteiger partial charge in [0.15, 0.2) is 5.82 Å². The Morgan fingerprint density at radius 3 is 2.94 bits per heavy atom. The standard InChI is InChI=1S/C11H14N4O/c1-8(2)6-15-7-12-14-11(15)9-4-3-5-10(16)13-9/h3-5,7-8H,6H2,1-2H3,(H,13,16). The zero-order valence-electron chi connectivity index (χ0n) is 9.34. The van der Waals surface area contributed by atoms with Crippen molar-refractivity contribution >= 4 is 0 Å². The fourth-order valence-electron chi connectivity index (χ4n) is 1.57. The molecule has 0 aromatic carbocycles. The van der Waals surface area contributed by atoms with Crippen LogP contribution in [0.15, 0.2) is 29.3 Å². The van der Waals surface area contributed by atoms with Gasteiger partial charge in [-0.15, -0.1) is 10.2 Å². The number of hydrogen-bond acceptors (Lipinski definition) is 3. The van der Waals surface area contributed by atoms with Crippen LogP contribution in [0.3, 0.4) is 0 Å². The Morgan fingerprint density at radius 2 is 2.25 bits per heavy atom. The summed E-state index contributed by atoms with van der Waals surface area (Å²) in [4.78, 5) is 14.0. The van der Waals surface area contributed by atoms with Crippen LogP contribution in [-0.2, 0) is 6.54 Å². The molecule has 2 aromatic rings. The van der Waals surface area contributed by atoms with Crippen molar-refractivity contribution in [2.75, 3.05) is 0 Å². The van der Waals surface area contributed by atoms with Crippen molar-refractivity contribution in [3.05, 3.63) is 34.9 Å². The van der Waals surface area contributed by atoms with Crippen molar-refractivity contribution in [3.63, 3.8) is 0 Å². The van der Waals surface area contributed by atoms with Crippen LogP contribution in [-0.4, -0.2) is 19.7 Å². The van der Waals surface area contributed by atoms with Crippen LogP contribution in [0.25, 0.3) is 11.5 Å². The molecule has 0 unspecified atom stereocenters. The number of aromatic amines is 1. The largest absolute Gasteiger partial charge is 0.319 e. The van der Waals surface area contributed by atoms with E-state index in [0.29, 0.717) is 17.4 Å². The topological polar surface area (TPSA) is 63.6 Å². The fraction of sp³-hybridized carbons (Fsp3) is 0.364. The van der Waals surface area contributed by atoms with E-state index in [9.17, 15) is 4.79 Å². The average Bonchev–Trinajstić information content (AvgIpc) is 2.65. The molecule has 0 radical (unpaired) electrons. The zero-order valence-corrected chi connectivity index (χ0v) is 9.34. The number of aromatic nitrogens is 4. The van der Waals surface area contributed by atoms with Gasteiger partial charge in [0.2, 0.25) is 5.56 Å². The van der Waals surface area contributed by atoms with E-state index in [0.717, 1.165) is 6.54 Å². The highest BCUT2D eigenvalue weighted by Crippen LogP contribution is 2.13. The average molecular weight is 218 g/mol. The summed E-state index contributed by atoms with van der Waals surface area (Å²) < 4.78 is 1.94. The van der Waals surface area contributed by atoms with E-state index < -0.39 is 0 Å². The highest BCUT2D eigenvalue weighted by atomic mass is 16.1. The lowest BCUT2D eigenvalue weighted by Crippen LogP contribution is -2.09. The van der Waals surface area contributed by atoms with Crippen LogP contribution in [0.4, 0.5) is 0 Å². The predicted molar refractivity (Wildman–Crippen MR) is 60.9 cm³/mol. The second-order valence-electron chi connectivity index (χ2n) is 4.13. The summed E-state index contributed by atoms with van der Waals surface area (Å²) in [6.07, 6.45) is 1.68. The second-order valence-corrected chi connectivity index (χ2v) is 4.13. The molecule has 2 aromatic heterocycles. The molecule has 0 aliphatic heterocycles. The van der Waals surface area contributed by atoms with Gasteiger partial charge in [-0.2, -0.15) is 0 Å². The van der Waals surface area contributed by atoms with Crippen molar-refractivity contribution in [3.8, 4) is 11.5 Å². The molecule has 0 aliphatic carbocycles. The first-order valence-corrected chi connectivity index (χ1v) is 5.24. The van der Waals surface area contributed by atoms with Gasteiger partial charge in [-0.3, -0.25) is 4.79 Å². The highest BCUT2D eigenvalue weighted by Gasteiger charge is 2.08. The smallest absolute Gasteiger partial charge is 0.248 e. The van der Waals surface area contributed by atoms with Crippen molar-refractivity contribution in [2.24, 2.45) is 5.92 Å². The van der Waals surface area contributed by atoms with Gasteiger partial charge >= 0.3 is 0 Å². The molecule has 1 N–H and O–H groups in total. The normalized spacial score (nSPS) is 10.9. The molecule has 0 fully saturated rings. The Kier molecular flexibility index (Phi) is 2.85. The Morgan fingerprint density at radius 1 is 1.44 bits per heavy atom. The third-order valence-corrected chi connectivity index (χ3v) is 2.19. The Balaban J connectivity index is 2.40. The van der Waals surface area contributed by atoms with Crippen LogP contribution < -0.4 is 5.56 Å². The van der Waals surface area contributed by atoms with Crippen LogP contribution in [0.2, 0.25) is 0 Å². The lowest BCUT2D eigenvalue weighted by atomic mass is 10.2. The first-order chi connectivity index (χ1) is 7.66. The van der Waals surface area contributed by atoms with Gasteiger partial charge in [0, 0.05) is 12.6 Å². The first kappa shape index (κ1) is 10.6. The Labute approximate surface area is 93.2 Å². The molecule has 0 amide bonds. The molecular formula is C11H14N4O. The van der Waals surface area contributed by atoms with Gasteiger partial charge < -0.3 is 9.55 Å². The lowest BCUT2D eigenvalue weighted by Gasteiger charge is -2.08. The Hall–Kier alpha value is -1.91. The molecule has 2 heterocycles. The maximum absolute atomic E-state index is 11.2. The minimum absolute atomic E-state index is 0.128. The summed E-state index contributed by atoms with van der Waals surface area (Å²) in [5, 5.41) is 7.90. The van der Waals surface area contributed by atoms with Crippen LogP contribution in [0.1, 0.15) is 13.8 Å². The Bertz CT molecular complexity index is 527. The number of nitrogens with zero attached hydrogens (tertiary/aromatic N) is 3. The van der Waals surface area contributed by atoms with Crippen molar-refractivity contribution < 1.29 is 0 Å². The summed E-state index contributed by atoms with van der Waals surface area (Å²) >= 11 is 0. The third kappa shape index (κ3) is 2.18. The molecule has 0 saturated heterocycles. The van der Waals surface area contributed by atoms with Gasteiger partial charge in [-0.1, -0.05) is 19.9 Å². The monoisotopic (exact) mass is 218 g/mol. The lowest BCUT2D eigenvalue weighted by molar-refractivity contribution is 0.525. The highest BCUT2D eigenvalue weighted by molar-refractivity contribution is 5.48. The van der Waals surface area contributed by atoms with E-state index in [1.54, 1.807) is 12.4 Å². The summed E-state index contributed by atoms with van der Waals surface area (Å²) in [6, 6.07) is 5.01. The third-order valence-electron chi connectivity index (χ3n) is 2.19. The van der Waals surface area contributed by atoms with Gasteiger partial charge in [0.25, 0.3) is 0 Å². The number of nitrogens with one attached hydrogen (secondary N) is 1. The van der Waals surface area contributed by atoms with Gasteiger partial charge in [0.1, 0.15) is 6.33 Å². The number of hydrogen-bond donors (Lipinski definition) is 1. The molecule has 0 saturated carbocycles. The molecule has 2 rings (SSSR count). The van der Waals surface area contributed by atoms with Crippen molar-refractivity contribution in [1.29, 1.82) is 0 Å². The van der Waals surface area contributed by atoms with Crippen LogP contribution >= 0.6 is 0 Å². The molecule has 0 aliphatic rings. The molecule has 84 valence electrons. The van der Waals surface area contributed by atoms with Crippen LogP contribution in [0.5, 0.6) is 0 Å². The summed E-state index contributed by atoms with van der Waals surface area (Å²) in [5.41, 5.74) is 0.572. The number of H-pyrrole nitrogens is 1. The SMILES string of the molecule is CC(C)Cn1cnnc1-c1cccc(=O)[nH]1. The quantitative estimate of drug-likeness (QED) is 0.844. The molecule has 0 spiro atoms. The van der Waals surface area contributed by atoms with Gasteiger partial charge in [0.05, 0.1) is 5.69 Å². The molecule has 0 atom stereocenters. The molecule has 16 heavy (non-hydrogen) atoms. The number of pyridine rings is 1. The minimum Gasteiger partial charge on any atom is -0.319 e. The van der Waals surface area contributed by atoms with Crippen molar-refractivity contribution in [1.82, 2.24) is 19.7 Å². The van der Waals surface area contributed by atoms with Crippen LogP contribution in [0, 0.1) is 5.92 Å². The molecule has 5 heteroatoms. The number of rotatable bonds is 3. The maximum Gasteiger partial charge on any atom is 0.248 e. The van der Waals surface area contributed by atoms with E-state index in [1.807, 2.05) is 10.6 Å². The first-order valence-electron chi connectivity index (χ1n) is 5.24. The fourth-order valence-corrected chi connectivity index (χ4v) is 1.57. The maximum atomic E-state index is 11.2. The van der Waals surface area contributed by atoms with E-state index in [1.165, 1.54) is 6.07 Å². The van der Waals surface area contributed by atoms with E-state index >= 15 is 0 Å². The van der Waals surface area contributed by atoms with E-state index in [-0.39, 0.29) is 5.56 Å². The second kappa shape index (κ2) is 4.30. The van der Waals surface area contributed by atoms with Crippen molar-refractivity contribution in [2.45, 2.75) is 20.4 Å². The summed E-state index contributed by atoms with van der Waals surface area (Å²) in [6.45, 7) is 5.08. The van der Waals surface area contributed by atoms with E-state index in [2.05, 4.69) is 29.0 Å². The zero-order chi connectivity index (χ0) is 11.5. The van der Waals surface area contributed by atoms with Gasteiger partial charge in [-0.25, -0.2) is 0 Å². The minimum atomic E-state index is -0.128. The summed E-state index contributed by atoms with van der Waals surface area (Å²) in [7, 11) is 0.